The van der Waals surface area contributed by atoms with Gasteiger partial charge in [0.1, 0.15) is 18.0 Å². The van der Waals surface area contributed by atoms with Crippen molar-refractivity contribution in [3.8, 4) is 0 Å². The second-order valence-corrected chi connectivity index (χ2v) is 7.26. The summed E-state index contributed by atoms with van der Waals surface area (Å²) in [5.74, 6) is 1.43. The first kappa shape index (κ1) is 20.4. The maximum Gasteiger partial charge on any atom is 0.320 e. The molecular weight excluding hydrogens is 378 g/mol. The van der Waals surface area contributed by atoms with Gasteiger partial charge in [0, 0.05) is 43.0 Å². The highest BCUT2D eigenvalue weighted by Crippen LogP contribution is 2.24. The zero-order valence-electron chi connectivity index (χ0n) is 16.3. The van der Waals surface area contributed by atoms with Crippen molar-refractivity contribution in [1.82, 2.24) is 14.9 Å². The average Bonchev–Trinajstić information content (AvgIpc) is 2.68. The predicted octanol–water partition coefficient (Wildman–Crippen LogP) is 3.34. The average molecular weight is 404 g/mol. The highest BCUT2D eigenvalue weighted by atomic mass is 35.5. The van der Waals surface area contributed by atoms with E-state index in [1.165, 1.54) is 0 Å². The molecule has 0 aliphatic carbocycles. The molecule has 7 nitrogen and oxygen atoms in total. The van der Waals surface area contributed by atoms with Crippen molar-refractivity contribution in [1.29, 1.82) is 0 Å². The zero-order valence-corrected chi connectivity index (χ0v) is 17.0. The van der Waals surface area contributed by atoms with Gasteiger partial charge in [-0.1, -0.05) is 17.7 Å². The van der Waals surface area contributed by atoms with Gasteiger partial charge in [-0.25, -0.2) is 9.97 Å². The van der Waals surface area contributed by atoms with Crippen LogP contribution < -0.4 is 10.2 Å². The molecule has 1 aromatic carbocycles. The van der Waals surface area contributed by atoms with E-state index in [2.05, 4.69) is 32.1 Å². The van der Waals surface area contributed by atoms with Crippen LogP contribution >= 0.6 is 11.6 Å². The first-order chi connectivity index (χ1) is 13.5. The van der Waals surface area contributed by atoms with E-state index in [1.54, 1.807) is 6.33 Å². The Kier molecular flexibility index (Phi) is 7.06. The minimum absolute atomic E-state index is 0.151. The lowest BCUT2D eigenvalue weighted by atomic mass is 10.0. The maximum absolute atomic E-state index is 11.7. The lowest BCUT2D eigenvalue weighted by Crippen LogP contribution is -2.45. The minimum Gasteiger partial charge on any atom is -0.465 e. The third kappa shape index (κ3) is 5.56. The third-order valence-electron chi connectivity index (χ3n) is 4.87. The van der Waals surface area contributed by atoms with Gasteiger partial charge in [-0.3, -0.25) is 9.69 Å². The SMILES string of the molecule is CCOC(=O)CN1CCC(N(C)c2cc(Nc3cccc(Cl)c3)ncn2)CC1. The molecule has 0 radical (unpaired) electrons. The molecule has 28 heavy (non-hydrogen) atoms. The van der Waals surface area contributed by atoms with E-state index in [1.807, 2.05) is 37.3 Å². The number of carbonyl (C=O) groups is 1. The van der Waals surface area contributed by atoms with Gasteiger partial charge in [0.2, 0.25) is 0 Å². The summed E-state index contributed by atoms with van der Waals surface area (Å²) in [4.78, 5) is 24.7. The molecule has 1 fully saturated rings. The second kappa shape index (κ2) is 9.71. The number of aromatic nitrogens is 2. The van der Waals surface area contributed by atoms with Crippen LogP contribution in [0, 0.1) is 0 Å². The Morgan fingerprint density at radius 1 is 1.32 bits per heavy atom. The molecule has 1 saturated heterocycles. The van der Waals surface area contributed by atoms with E-state index in [-0.39, 0.29) is 5.97 Å². The summed E-state index contributed by atoms with van der Waals surface area (Å²) in [5.41, 5.74) is 0.882. The fourth-order valence-corrected chi connectivity index (χ4v) is 3.55. The first-order valence-corrected chi connectivity index (χ1v) is 9.88. The van der Waals surface area contributed by atoms with E-state index in [0.717, 1.165) is 43.3 Å². The lowest BCUT2D eigenvalue weighted by molar-refractivity contribution is -0.144. The predicted molar refractivity (Wildman–Crippen MR) is 111 cm³/mol. The summed E-state index contributed by atoms with van der Waals surface area (Å²) in [5, 5.41) is 3.93. The molecule has 0 bridgehead atoms. The number of nitrogens with one attached hydrogen (secondary N) is 1. The number of nitrogens with zero attached hydrogens (tertiary/aromatic N) is 4. The number of hydrogen-bond donors (Lipinski definition) is 1. The Bertz CT molecular complexity index is 796. The van der Waals surface area contributed by atoms with Crippen LogP contribution in [0.15, 0.2) is 36.7 Å². The second-order valence-electron chi connectivity index (χ2n) is 6.82. The fraction of sp³-hybridized carbons (Fsp3) is 0.450. The van der Waals surface area contributed by atoms with Gasteiger partial charge in [0.25, 0.3) is 0 Å². The Morgan fingerprint density at radius 2 is 2.11 bits per heavy atom. The molecule has 1 aromatic heterocycles. The topological polar surface area (TPSA) is 70.6 Å². The molecule has 1 aliphatic heterocycles. The minimum atomic E-state index is -0.151. The van der Waals surface area contributed by atoms with Crippen LogP contribution in [-0.4, -0.2) is 60.2 Å². The summed E-state index contributed by atoms with van der Waals surface area (Å²) < 4.78 is 5.03. The standard InChI is InChI=1S/C20H26ClN5O2/c1-3-28-20(27)13-26-9-7-17(8-10-26)25(2)19-12-18(22-14-23-19)24-16-6-4-5-15(21)11-16/h4-6,11-12,14,17H,3,7-10,13H2,1-2H3,(H,22,23,24). The van der Waals surface area contributed by atoms with Gasteiger partial charge in [-0.15, -0.1) is 0 Å². The van der Waals surface area contributed by atoms with E-state index >= 15 is 0 Å². The monoisotopic (exact) mass is 403 g/mol. The molecule has 1 N–H and O–H groups in total. The van der Waals surface area contributed by atoms with E-state index in [9.17, 15) is 4.79 Å². The van der Waals surface area contributed by atoms with Crippen molar-refractivity contribution in [3.05, 3.63) is 41.7 Å². The largest absolute Gasteiger partial charge is 0.465 e. The number of hydrogen-bond acceptors (Lipinski definition) is 7. The number of rotatable bonds is 7. The van der Waals surface area contributed by atoms with Crippen molar-refractivity contribution in [2.75, 3.05) is 43.5 Å². The number of ether oxygens (including phenoxy) is 1. The van der Waals surface area contributed by atoms with E-state index < -0.39 is 0 Å². The molecule has 2 heterocycles. The maximum atomic E-state index is 11.7. The summed E-state index contributed by atoms with van der Waals surface area (Å²) in [6, 6.07) is 9.82. The lowest BCUT2D eigenvalue weighted by Gasteiger charge is -2.36. The number of halogens is 1. The summed E-state index contributed by atoms with van der Waals surface area (Å²) in [6.07, 6.45) is 3.50. The normalized spacial score (nSPS) is 15.2. The van der Waals surface area contributed by atoms with Crippen LogP contribution in [0.2, 0.25) is 5.02 Å². The van der Waals surface area contributed by atoms with Crippen LogP contribution in [0.3, 0.4) is 0 Å². The van der Waals surface area contributed by atoms with Gasteiger partial charge >= 0.3 is 5.97 Å². The van der Waals surface area contributed by atoms with Gasteiger partial charge in [0.15, 0.2) is 0 Å². The van der Waals surface area contributed by atoms with E-state index in [0.29, 0.717) is 24.2 Å². The Balaban J connectivity index is 1.57. The summed E-state index contributed by atoms with van der Waals surface area (Å²) in [6.45, 7) is 4.36. The number of anilines is 3. The zero-order chi connectivity index (χ0) is 19.9. The molecule has 0 saturated carbocycles. The van der Waals surface area contributed by atoms with E-state index in [4.69, 9.17) is 16.3 Å². The summed E-state index contributed by atoms with van der Waals surface area (Å²) >= 11 is 6.04. The third-order valence-corrected chi connectivity index (χ3v) is 5.11. The van der Waals surface area contributed by atoms with Gasteiger partial charge < -0.3 is 15.0 Å². The molecule has 150 valence electrons. The highest BCUT2D eigenvalue weighted by molar-refractivity contribution is 6.30. The number of likely N-dealkylation sites (tertiary alicyclic amines) is 1. The molecule has 2 aromatic rings. The van der Waals surface area contributed by atoms with Crippen molar-refractivity contribution in [2.45, 2.75) is 25.8 Å². The molecule has 8 heteroatoms. The van der Waals surface area contributed by atoms with Crippen molar-refractivity contribution in [3.63, 3.8) is 0 Å². The van der Waals surface area contributed by atoms with Gasteiger partial charge in [0.05, 0.1) is 13.2 Å². The van der Waals surface area contributed by atoms with Crippen LogP contribution in [0.4, 0.5) is 17.3 Å². The molecule has 0 amide bonds. The number of piperidine rings is 1. The van der Waals surface area contributed by atoms with Crippen LogP contribution in [0.5, 0.6) is 0 Å². The van der Waals surface area contributed by atoms with Crippen molar-refractivity contribution < 1.29 is 9.53 Å². The van der Waals surface area contributed by atoms with Crippen LogP contribution in [-0.2, 0) is 9.53 Å². The molecule has 0 spiro atoms. The number of esters is 1. The fourth-order valence-electron chi connectivity index (χ4n) is 3.36. The van der Waals surface area contributed by atoms with Gasteiger partial charge in [-0.2, -0.15) is 0 Å². The summed E-state index contributed by atoms with van der Waals surface area (Å²) in [7, 11) is 2.05. The Hall–Kier alpha value is -2.38. The Labute approximate surface area is 170 Å². The number of carbonyl (C=O) groups excluding carboxylic acids is 1. The van der Waals surface area contributed by atoms with Crippen molar-refractivity contribution in [2.24, 2.45) is 0 Å². The molecule has 1 aliphatic rings. The molecule has 0 atom stereocenters. The van der Waals surface area contributed by atoms with Gasteiger partial charge in [-0.05, 0) is 38.0 Å². The molecular formula is C20H26ClN5O2. The number of benzene rings is 1. The first-order valence-electron chi connectivity index (χ1n) is 9.50. The van der Waals surface area contributed by atoms with Crippen LogP contribution in [0.1, 0.15) is 19.8 Å². The highest BCUT2D eigenvalue weighted by Gasteiger charge is 2.25. The molecule has 0 unspecified atom stereocenters. The Morgan fingerprint density at radius 3 is 2.82 bits per heavy atom. The van der Waals surface area contributed by atoms with Crippen LogP contribution in [0.25, 0.3) is 0 Å². The quantitative estimate of drug-likeness (QED) is 0.711. The van der Waals surface area contributed by atoms with Crippen molar-refractivity contribution >= 4 is 34.9 Å². The molecule has 3 rings (SSSR count). The smallest absolute Gasteiger partial charge is 0.320 e.